The average molecular weight is 306 g/mol. The van der Waals surface area contributed by atoms with Crippen molar-refractivity contribution in [2.75, 3.05) is 6.54 Å². The van der Waals surface area contributed by atoms with Crippen LogP contribution in [0.2, 0.25) is 0 Å². The first-order valence-corrected chi connectivity index (χ1v) is 8.09. The summed E-state index contributed by atoms with van der Waals surface area (Å²) in [5, 5.41) is 10.4. The molecule has 0 bridgehead atoms. The fourth-order valence-corrected chi connectivity index (χ4v) is 3.09. The van der Waals surface area contributed by atoms with E-state index in [0.29, 0.717) is 19.5 Å². The molecule has 0 aliphatic heterocycles. The minimum absolute atomic E-state index is 0.0116. The number of carbonyl (C=O) groups is 1. The SMILES string of the molecule is CCc1c(C)nn(CCNC(=O)Cc2csc(C)n2)c1C. The maximum Gasteiger partial charge on any atom is 0.226 e. The summed E-state index contributed by atoms with van der Waals surface area (Å²) in [5.41, 5.74) is 4.42. The second kappa shape index (κ2) is 6.85. The Morgan fingerprint density at radius 1 is 1.38 bits per heavy atom. The molecule has 2 rings (SSSR count). The van der Waals surface area contributed by atoms with Gasteiger partial charge in [-0.05, 0) is 32.8 Å². The molecule has 1 N–H and O–H groups in total. The normalized spacial score (nSPS) is 10.9. The van der Waals surface area contributed by atoms with Crippen molar-refractivity contribution in [2.24, 2.45) is 0 Å². The van der Waals surface area contributed by atoms with Gasteiger partial charge >= 0.3 is 0 Å². The highest BCUT2D eigenvalue weighted by atomic mass is 32.1. The lowest BCUT2D eigenvalue weighted by atomic mass is 10.1. The van der Waals surface area contributed by atoms with Crippen molar-refractivity contribution in [1.82, 2.24) is 20.1 Å². The Labute approximate surface area is 129 Å². The summed E-state index contributed by atoms with van der Waals surface area (Å²) in [6.45, 7) is 9.49. The van der Waals surface area contributed by atoms with Crippen molar-refractivity contribution in [3.8, 4) is 0 Å². The smallest absolute Gasteiger partial charge is 0.226 e. The third-order valence-electron chi connectivity index (χ3n) is 3.54. The molecule has 0 saturated carbocycles. The highest BCUT2D eigenvalue weighted by Gasteiger charge is 2.10. The summed E-state index contributed by atoms with van der Waals surface area (Å²) in [7, 11) is 0. The third-order valence-corrected chi connectivity index (χ3v) is 4.36. The van der Waals surface area contributed by atoms with Gasteiger partial charge in [0.1, 0.15) is 0 Å². The van der Waals surface area contributed by atoms with Gasteiger partial charge in [-0.3, -0.25) is 9.48 Å². The molecule has 2 aromatic heterocycles. The molecule has 0 unspecified atom stereocenters. The van der Waals surface area contributed by atoms with Crippen LogP contribution in [0.1, 0.15) is 34.6 Å². The summed E-state index contributed by atoms with van der Waals surface area (Å²) < 4.78 is 1.97. The fourth-order valence-electron chi connectivity index (χ4n) is 2.48. The van der Waals surface area contributed by atoms with E-state index in [1.165, 1.54) is 11.3 Å². The first-order chi connectivity index (χ1) is 10.0. The van der Waals surface area contributed by atoms with Crippen LogP contribution in [0, 0.1) is 20.8 Å². The van der Waals surface area contributed by atoms with Crippen molar-refractivity contribution in [1.29, 1.82) is 0 Å². The van der Waals surface area contributed by atoms with Gasteiger partial charge in [-0.2, -0.15) is 5.10 Å². The molecule has 6 heteroatoms. The minimum Gasteiger partial charge on any atom is -0.354 e. The lowest BCUT2D eigenvalue weighted by Crippen LogP contribution is -2.29. The van der Waals surface area contributed by atoms with Crippen LogP contribution < -0.4 is 5.32 Å². The quantitative estimate of drug-likeness (QED) is 0.890. The van der Waals surface area contributed by atoms with Crippen molar-refractivity contribution < 1.29 is 4.79 Å². The van der Waals surface area contributed by atoms with Crippen LogP contribution in [0.15, 0.2) is 5.38 Å². The first-order valence-electron chi connectivity index (χ1n) is 7.21. The van der Waals surface area contributed by atoms with Crippen LogP contribution in [0.5, 0.6) is 0 Å². The maximum atomic E-state index is 11.8. The largest absolute Gasteiger partial charge is 0.354 e. The summed E-state index contributed by atoms with van der Waals surface area (Å²) in [6.07, 6.45) is 1.34. The molecule has 5 nitrogen and oxygen atoms in total. The van der Waals surface area contributed by atoms with Crippen LogP contribution >= 0.6 is 11.3 Å². The van der Waals surface area contributed by atoms with Crippen LogP contribution in [0.25, 0.3) is 0 Å². The zero-order chi connectivity index (χ0) is 15.4. The predicted molar refractivity (Wildman–Crippen MR) is 84.6 cm³/mol. The van der Waals surface area contributed by atoms with Gasteiger partial charge < -0.3 is 5.32 Å². The molecule has 0 fully saturated rings. The second-order valence-corrected chi connectivity index (χ2v) is 6.17. The number of rotatable bonds is 6. The average Bonchev–Trinajstić information content (AvgIpc) is 2.94. The molecule has 0 aromatic carbocycles. The topological polar surface area (TPSA) is 59.8 Å². The van der Waals surface area contributed by atoms with Gasteiger partial charge in [0, 0.05) is 17.6 Å². The summed E-state index contributed by atoms with van der Waals surface area (Å²) in [6, 6.07) is 0. The van der Waals surface area contributed by atoms with Gasteiger partial charge in [0.25, 0.3) is 0 Å². The lowest BCUT2D eigenvalue weighted by molar-refractivity contribution is -0.120. The predicted octanol–water partition coefficient (Wildman–Crippen LogP) is 2.19. The standard InChI is InChI=1S/C15H22N4OS/c1-5-14-10(2)18-19(11(14)3)7-6-16-15(20)8-13-9-21-12(4)17-13/h9H,5-8H2,1-4H3,(H,16,20). The highest BCUT2D eigenvalue weighted by molar-refractivity contribution is 7.09. The Kier molecular flexibility index (Phi) is 5.12. The van der Waals surface area contributed by atoms with Gasteiger partial charge in [0.2, 0.25) is 5.91 Å². The van der Waals surface area contributed by atoms with E-state index in [1.54, 1.807) is 11.3 Å². The Morgan fingerprint density at radius 2 is 2.14 bits per heavy atom. The summed E-state index contributed by atoms with van der Waals surface area (Å²) in [5.74, 6) is 0.0116. The summed E-state index contributed by atoms with van der Waals surface area (Å²) in [4.78, 5) is 16.1. The van der Waals surface area contributed by atoms with Gasteiger partial charge in [-0.15, -0.1) is 11.3 Å². The number of nitrogens with one attached hydrogen (secondary N) is 1. The van der Waals surface area contributed by atoms with Crippen molar-refractivity contribution in [3.63, 3.8) is 0 Å². The molecular weight excluding hydrogens is 284 g/mol. The lowest BCUT2D eigenvalue weighted by Gasteiger charge is -2.07. The molecule has 0 aliphatic rings. The van der Waals surface area contributed by atoms with Crippen molar-refractivity contribution in [2.45, 2.75) is 47.1 Å². The number of carbonyl (C=O) groups excluding carboxylic acids is 1. The van der Waals surface area contributed by atoms with E-state index in [-0.39, 0.29) is 5.91 Å². The van der Waals surface area contributed by atoms with Crippen LogP contribution in [0.4, 0.5) is 0 Å². The zero-order valence-electron chi connectivity index (χ0n) is 13.1. The molecule has 0 radical (unpaired) electrons. The molecule has 21 heavy (non-hydrogen) atoms. The summed E-state index contributed by atoms with van der Waals surface area (Å²) >= 11 is 1.57. The molecule has 2 heterocycles. The highest BCUT2D eigenvalue weighted by Crippen LogP contribution is 2.13. The molecule has 114 valence electrons. The molecule has 0 atom stereocenters. The maximum absolute atomic E-state index is 11.8. The molecular formula is C15H22N4OS. The number of hydrogen-bond donors (Lipinski definition) is 1. The van der Waals surface area contributed by atoms with E-state index in [9.17, 15) is 4.79 Å². The van der Waals surface area contributed by atoms with Gasteiger partial charge in [0.15, 0.2) is 0 Å². The number of thiazole rings is 1. The first kappa shape index (κ1) is 15.7. The van der Waals surface area contributed by atoms with Crippen molar-refractivity contribution in [3.05, 3.63) is 33.0 Å². The molecule has 0 spiro atoms. The Balaban J connectivity index is 1.83. The molecule has 1 amide bonds. The number of nitrogens with zero attached hydrogens (tertiary/aromatic N) is 3. The molecule has 2 aromatic rings. The van der Waals surface area contributed by atoms with Crippen LogP contribution in [-0.2, 0) is 24.2 Å². The minimum atomic E-state index is 0.0116. The molecule has 0 aliphatic carbocycles. The van der Waals surface area contributed by atoms with Gasteiger partial charge in [-0.1, -0.05) is 6.92 Å². The fraction of sp³-hybridized carbons (Fsp3) is 0.533. The number of aryl methyl sites for hydroxylation is 2. The van der Waals surface area contributed by atoms with Gasteiger partial charge in [-0.25, -0.2) is 4.98 Å². The van der Waals surface area contributed by atoms with Crippen molar-refractivity contribution >= 4 is 17.2 Å². The second-order valence-electron chi connectivity index (χ2n) is 5.11. The van der Waals surface area contributed by atoms with Gasteiger partial charge in [0.05, 0.1) is 29.4 Å². The van der Waals surface area contributed by atoms with E-state index in [1.807, 2.05) is 23.9 Å². The van der Waals surface area contributed by atoms with E-state index < -0.39 is 0 Å². The Bertz CT molecular complexity index is 630. The monoisotopic (exact) mass is 306 g/mol. The Morgan fingerprint density at radius 3 is 2.71 bits per heavy atom. The number of amides is 1. The van der Waals surface area contributed by atoms with E-state index in [0.717, 1.165) is 22.8 Å². The Hall–Kier alpha value is -1.69. The van der Waals surface area contributed by atoms with E-state index in [4.69, 9.17) is 0 Å². The van der Waals surface area contributed by atoms with E-state index >= 15 is 0 Å². The molecule has 0 saturated heterocycles. The van der Waals surface area contributed by atoms with Crippen LogP contribution in [0.3, 0.4) is 0 Å². The third kappa shape index (κ3) is 3.91. The van der Waals surface area contributed by atoms with Crippen LogP contribution in [-0.4, -0.2) is 27.2 Å². The number of hydrogen-bond acceptors (Lipinski definition) is 4. The number of aromatic nitrogens is 3. The zero-order valence-corrected chi connectivity index (χ0v) is 13.9. The van der Waals surface area contributed by atoms with E-state index in [2.05, 4.69) is 29.2 Å².